The van der Waals surface area contributed by atoms with Gasteiger partial charge in [0.05, 0.1) is 41.0 Å². The lowest BCUT2D eigenvalue weighted by Gasteiger charge is -2.15. The van der Waals surface area contributed by atoms with Gasteiger partial charge in [-0.25, -0.2) is 4.68 Å². The number of nitrogens with zero attached hydrogens (tertiary/aromatic N) is 2. The Morgan fingerprint density at radius 2 is 1.65 bits per heavy atom. The third-order valence-electron chi connectivity index (χ3n) is 6.11. The Morgan fingerprint density at radius 1 is 1.00 bits per heavy atom. The highest BCUT2D eigenvalue weighted by Gasteiger charge is 2.31. The first-order valence-corrected chi connectivity index (χ1v) is 13.0. The minimum Gasteiger partial charge on any atom is -0.466 e. The third kappa shape index (κ3) is 6.48. The topological polar surface area (TPSA) is 73.2 Å². The van der Waals surface area contributed by atoms with Crippen molar-refractivity contribution in [3.8, 4) is 16.9 Å². The summed E-state index contributed by atoms with van der Waals surface area (Å²) >= 11 is 12.6. The third-order valence-corrected chi connectivity index (χ3v) is 6.68. The van der Waals surface area contributed by atoms with E-state index in [1.54, 1.807) is 62.4 Å². The monoisotopic (exact) mass is 589 g/mol. The number of hydrogen-bond donors (Lipinski definition) is 1. The molecule has 208 valence electrons. The minimum absolute atomic E-state index is 0.0586. The van der Waals surface area contributed by atoms with Crippen LogP contribution in [-0.4, -0.2) is 28.3 Å². The Morgan fingerprint density at radius 3 is 2.25 bits per heavy atom. The van der Waals surface area contributed by atoms with Crippen LogP contribution in [0.3, 0.4) is 0 Å². The van der Waals surface area contributed by atoms with Crippen LogP contribution in [0.1, 0.15) is 47.1 Å². The number of para-hydroxylation sites is 1. The molecule has 3 aromatic carbocycles. The predicted molar refractivity (Wildman–Crippen MR) is 147 cm³/mol. The van der Waals surface area contributed by atoms with Gasteiger partial charge in [-0.3, -0.25) is 9.59 Å². The molecule has 0 bridgehead atoms. The summed E-state index contributed by atoms with van der Waals surface area (Å²) in [6.07, 6.45) is -4.75. The zero-order chi connectivity index (χ0) is 29.0. The minimum atomic E-state index is -4.48. The van der Waals surface area contributed by atoms with Crippen molar-refractivity contribution in [2.75, 3.05) is 6.61 Å². The summed E-state index contributed by atoms with van der Waals surface area (Å²) in [6.45, 7) is 3.45. The number of carbonyl (C=O) groups is 2. The molecule has 0 fully saturated rings. The molecule has 0 saturated carbocycles. The van der Waals surface area contributed by atoms with Gasteiger partial charge in [-0.05, 0) is 55.8 Å². The highest BCUT2D eigenvalue weighted by Crippen LogP contribution is 2.34. The molecule has 1 heterocycles. The second-order valence-electron chi connectivity index (χ2n) is 8.84. The van der Waals surface area contributed by atoms with Crippen LogP contribution in [0.2, 0.25) is 10.0 Å². The van der Waals surface area contributed by atoms with Gasteiger partial charge < -0.3 is 10.1 Å². The van der Waals surface area contributed by atoms with Crippen molar-refractivity contribution < 1.29 is 27.5 Å². The van der Waals surface area contributed by atoms with Gasteiger partial charge >= 0.3 is 12.1 Å². The van der Waals surface area contributed by atoms with E-state index in [0.29, 0.717) is 32.6 Å². The summed E-state index contributed by atoms with van der Waals surface area (Å²) < 4.78 is 45.6. The highest BCUT2D eigenvalue weighted by molar-refractivity contribution is 6.32. The molecule has 40 heavy (non-hydrogen) atoms. The smallest absolute Gasteiger partial charge is 0.416 e. The van der Waals surface area contributed by atoms with Crippen LogP contribution < -0.4 is 5.32 Å². The fourth-order valence-corrected chi connectivity index (χ4v) is 4.51. The Bertz CT molecular complexity index is 1520. The molecular weight excluding hydrogens is 566 g/mol. The maximum absolute atomic E-state index is 13.6. The Kier molecular flexibility index (Phi) is 8.85. The molecule has 1 atom stereocenters. The molecule has 0 aliphatic carbocycles. The fourth-order valence-electron chi connectivity index (χ4n) is 4.17. The number of rotatable bonds is 8. The first-order valence-electron chi connectivity index (χ1n) is 12.3. The van der Waals surface area contributed by atoms with Crippen LogP contribution in [0.25, 0.3) is 16.9 Å². The number of alkyl halides is 3. The SMILES string of the molecule is CCOC(=O)Cc1c(C(=O)N[C@H](C)c2ccc(C(F)(F)F)cc2)nn(-c2ccccc2Cl)c1-c1ccc(Cl)cc1. The lowest BCUT2D eigenvalue weighted by atomic mass is 10.0. The Balaban J connectivity index is 1.81. The van der Waals surface area contributed by atoms with Crippen molar-refractivity contribution in [1.82, 2.24) is 15.1 Å². The van der Waals surface area contributed by atoms with Crippen LogP contribution in [-0.2, 0) is 22.1 Å². The second-order valence-corrected chi connectivity index (χ2v) is 9.69. The normalized spacial score (nSPS) is 12.2. The molecule has 11 heteroatoms. The first-order chi connectivity index (χ1) is 19.0. The summed E-state index contributed by atoms with van der Waals surface area (Å²) in [5.41, 5.74) is 1.41. The number of benzene rings is 3. The molecule has 1 N–H and O–H groups in total. The maximum Gasteiger partial charge on any atom is 0.416 e. The van der Waals surface area contributed by atoms with E-state index in [9.17, 15) is 22.8 Å². The van der Waals surface area contributed by atoms with E-state index >= 15 is 0 Å². The maximum atomic E-state index is 13.6. The van der Waals surface area contributed by atoms with Gasteiger partial charge in [0.1, 0.15) is 0 Å². The quantitative estimate of drug-likeness (QED) is 0.216. The molecule has 1 amide bonds. The standard InChI is InChI=1S/C29H24Cl2F3N3O3/c1-3-40-25(38)16-22-26(28(39)35-17(2)18-8-12-20(13-9-18)29(32,33)34)36-37(24-7-5-4-6-23(24)31)27(22)19-10-14-21(30)15-11-19/h4-15,17H,3,16H2,1-2H3,(H,35,39)/t17-/m1/s1. The van der Waals surface area contributed by atoms with Gasteiger partial charge in [-0.1, -0.05) is 59.6 Å². The van der Waals surface area contributed by atoms with Crippen molar-refractivity contribution in [2.45, 2.75) is 32.5 Å². The molecule has 0 spiro atoms. The summed E-state index contributed by atoms with van der Waals surface area (Å²) in [6, 6.07) is 17.5. The second kappa shape index (κ2) is 12.1. The van der Waals surface area contributed by atoms with E-state index in [0.717, 1.165) is 12.1 Å². The number of aromatic nitrogens is 2. The average molecular weight is 590 g/mol. The molecule has 0 aliphatic rings. The van der Waals surface area contributed by atoms with Crippen LogP contribution in [0.4, 0.5) is 13.2 Å². The molecule has 0 saturated heterocycles. The average Bonchev–Trinajstić information content (AvgIpc) is 3.27. The van der Waals surface area contributed by atoms with Crippen LogP contribution in [0, 0.1) is 0 Å². The molecule has 6 nitrogen and oxygen atoms in total. The molecule has 4 rings (SSSR count). The van der Waals surface area contributed by atoms with Crippen LogP contribution in [0.5, 0.6) is 0 Å². The number of amides is 1. The van der Waals surface area contributed by atoms with Crippen LogP contribution >= 0.6 is 23.2 Å². The van der Waals surface area contributed by atoms with Crippen molar-refractivity contribution in [3.63, 3.8) is 0 Å². The van der Waals surface area contributed by atoms with E-state index in [-0.39, 0.29) is 24.3 Å². The van der Waals surface area contributed by atoms with Gasteiger partial charge in [0.25, 0.3) is 5.91 Å². The van der Waals surface area contributed by atoms with Crippen molar-refractivity contribution in [2.24, 2.45) is 0 Å². The molecular formula is C29H24Cl2F3N3O3. The number of carbonyl (C=O) groups excluding carboxylic acids is 2. The van der Waals surface area contributed by atoms with Gasteiger partial charge in [-0.2, -0.15) is 18.3 Å². The van der Waals surface area contributed by atoms with E-state index in [1.807, 2.05) is 0 Å². The lowest BCUT2D eigenvalue weighted by Crippen LogP contribution is -2.28. The molecule has 1 aromatic heterocycles. The van der Waals surface area contributed by atoms with E-state index in [2.05, 4.69) is 10.4 Å². The van der Waals surface area contributed by atoms with Crippen molar-refractivity contribution >= 4 is 35.1 Å². The molecule has 0 aliphatic heterocycles. The van der Waals surface area contributed by atoms with E-state index < -0.39 is 29.7 Å². The van der Waals surface area contributed by atoms with E-state index in [4.69, 9.17) is 27.9 Å². The van der Waals surface area contributed by atoms with Gasteiger partial charge in [0.2, 0.25) is 0 Å². The lowest BCUT2D eigenvalue weighted by molar-refractivity contribution is -0.142. The van der Waals surface area contributed by atoms with Gasteiger partial charge in [0, 0.05) is 16.1 Å². The summed E-state index contributed by atoms with van der Waals surface area (Å²) in [4.78, 5) is 26.3. The zero-order valence-electron chi connectivity index (χ0n) is 21.4. The first kappa shape index (κ1) is 29.2. The molecule has 4 aromatic rings. The Hall–Kier alpha value is -3.82. The molecule has 0 radical (unpaired) electrons. The zero-order valence-corrected chi connectivity index (χ0v) is 22.9. The number of esters is 1. The van der Waals surface area contributed by atoms with Crippen molar-refractivity contribution in [1.29, 1.82) is 0 Å². The van der Waals surface area contributed by atoms with Gasteiger partial charge in [-0.15, -0.1) is 0 Å². The largest absolute Gasteiger partial charge is 0.466 e. The molecule has 0 unspecified atom stereocenters. The number of ether oxygens (including phenoxy) is 1. The summed E-state index contributed by atoms with van der Waals surface area (Å²) in [5, 5.41) is 8.20. The summed E-state index contributed by atoms with van der Waals surface area (Å²) in [7, 11) is 0. The number of halogens is 5. The van der Waals surface area contributed by atoms with Crippen molar-refractivity contribution in [3.05, 3.63) is 105 Å². The van der Waals surface area contributed by atoms with E-state index in [1.165, 1.54) is 16.8 Å². The predicted octanol–water partition coefficient (Wildman–Crippen LogP) is 7.46. The number of nitrogens with one attached hydrogen (secondary N) is 1. The van der Waals surface area contributed by atoms with Gasteiger partial charge in [0.15, 0.2) is 5.69 Å². The van der Waals surface area contributed by atoms with Crippen LogP contribution in [0.15, 0.2) is 72.8 Å². The summed E-state index contributed by atoms with van der Waals surface area (Å²) in [5.74, 6) is -1.20. The number of hydrogen-bond acceptors (Lipinski definition) is 4. The highest BCUT2D eigenvalue weighted by atomic mass is 35.5. The fraction of sp³-hybridized carbons (Fsp3) is 0.207. The Labute approximate surface area is 238 Å².